The molecule has 0 rings (SSSR count). The Morgan fingerprint density at radius 1 is 0.885 bits per heavy atom. The lowest BCUT2D eigenvalue weighted by Gasteiger charge is -2.29. The monoisotopic (exact) mass is 376 g/mol. The summed E-state index contributed by atoms with van der Waals surface area (Å²) >= 11 is 0. The van der Waals surface area contributed by atoms with E-state index in [2.05, 4.69) is 46.9 Å². The van der Waals surface area contributed by atoms with Crippen LogP contribution in [0.4, 0.5) is 0 Å². The summed E-state index contributed by atoms with van der Waals surface area (Å²) in [6.07, 6.45) is 1.88. The van der Waals surface area contributed by atoms with Crippen molar-refractivity contribution >= 4 is 0 Å². The van der Waals surface area contributed by atoms with Crippen molar-refractivity contribution in [3.8, 4) is 0 Å². The second kappa shape index (κ2) is 13.0. The Balaban J connectivity index is 3.87. The van der Waals surface area contributed by atoms with Gasteiger partial charge in [0.1, 0.15) is 0 Å². The van der Waals surface area contributed by atoms with Crippen molar-refractivity contribution in [2.45, 2.75) is 97.1 Å². The van der Waals surface area contributed by atoms with Gasteiger partial charge in [0.15, 0.2) is 0 Å². The molecule has 0 aliphatic rings. The third kappa shape index (κ3) is 13.9. The standard InChI is InChI=1S/C20H44N2O4/c1-16(2)22-17(3)18(23)8-12-24-13-9-19(4,5)25-14-10-20(6,7)26-15-11-21/h16-18,22-23H,8-15,21H2,1-7H3. The number of nitrogens with one attached hydrogen (secondary N) is 1. The van der Waals surface area contributed by atoms with E-state index in [1.807, 2.05) is 6.92 Å². The highest BCUT2D eigenvalue weighted by Gasteiger charge is 2.22. The van der Waals surface area contributed by atoms with E-state index in [4.69, 9.17) is 19.9 Å². The van der Waals surface area contributed by atoms with E-state index in [0.29, 0.717) is 45.4 Å². The smallest absolute Gasteiger partial charge is 0.0712 e. The SMILES string of the molecule is CC(C)NC(C)C(O)CCOCCC(C)(C)OCCC(C)(C)OCCN. The lowest BCUT2D eigenvalue weighted by Crippen LogP contribution is -2.41. The fourth-order valence-corrected chi connectivity index (χ4v) is 2.56. The van der Waals surface area contributed by atoms with Crippen LogP contribution in [-0.4, -0.2) is 67.5 Å². The molecule has 0 aromatic carbocycles. The molecule has 0 fully saturated rings. The average Bonchev–Trinajstić information content (AvgIpc) is 2.51. The number of aliphatic hydroxyl groups is 1. The van der Waals surface area contributed by atoms with Crippen LogP contribution in [0.25, 0.3) is 0 Å². The minimum atomic E-state index is -0.391. The fourth-order valence-electron chi connectivity index (χ4n) is 2.56. The molecule has 0 aliphatic heterocycles. The van der Waals surface area contributed by atoms with Crippen LogP contribution in [0.2, 0.25) is 0 Å². The van der Waals surface area contributed by atoms with Crippen LogP contribution in [0, 0.1) is 0 Å². The summed E-state index contributed by atoms with van der Waals surface area (Å²) in [7, 11) is 0. The Morgan fingerprint density at radius 2 is 1.42 bits per heavy atom. The minimum Gasteiger partial charge on any atom is -0.391 e. The van der Waals surface area contributed by atoms with Crippen molar-refractivity contribution in [1.82, 2.24) is 5.32 Å². The van der Waals surface area contributed by atoms with Gasteiger partial charge in [-0.1, -0.05) is 13.8 Å². The summed E-state index contributed by atoms with van der Waals surface area (Å²) < 4.78 is 17.4. The maximum absolute atomic E-state index is 10.1. The molecule has 0 aliphatic carbocycles. The molecule has 2 unspecified atom stereocenters. The molecular weight excluding hydrogens is 332 g/mol. The molecule has 26 heavy (non-hydrogen) atoms. The minimum absolute atomic E-state index is 0.0724. The van der Waals surface area contributed by atoms with Gasteiger partial charge in [-0.15, -0.1) is 0 Å². The third-order valence-electron chi connectivity index (χ3n) is 4.39. The second-order valence-corrected chi connectivity index (χ2v) is 8.58. The molecule has 0 saturated heterocycles. The second-order valence-electron chi connectivity index (χ2n) is 8.58. The van der Waals surface area contributed by atoms with E-state index >= 15 is 0 Å². The van der Waals surface area contributed by atoms with Crippen LogP contribution in [0.5, 0.6) is 0 Å². The first-order valence-corrected chi connectivity index (χ1v) is 9.99. The Bertz CT molecular complexity index is 349. The largest absolute Gasteiger partial charge is 0.391 e. The van der Waals surface area contributed by atoms with Gasteiger partial charge in [0, 0.05) is 31.8 Å². The van der Waals surface area contributed by atoms with Crippen molar-refractivity contribution in [3.63, 3.8) is 0 Å². The van der Waals surface area contributed by atoms with E-state index in [-0.39, 0.29) is 17.2 Å². The highest BCUT2D eigenvalue weighted by molar-refractivity contribution is 4.74. The van der Waals surface area contributed by atoms with Crippen molar-refractivity contribution in [1.29, 1.82) is 0 Å². The molecule has 0 bridgehead atoms. The zero-order valence-electron chi connectivity index (χ0n) is 18.1. The Hall–Kier alpha value is -0.240. The quantitative estimate of drug-likeness (QED) is 0.359. The van der Waals surface area contributed by atoms with Crippen LogP contribution >= 0.6 is 0 Å². The molecular formula is C20H44N2O4. The predicted octanol–water partition coefficient (Wildman–Crippen LogP) is 2.47. The van der Waals surface area contributed by atoms with E-state index in [1.54, 1.807) is 0 Å². The van der Waals surface area contributed by atoms with Crippen molar-refractivity contribution in [3.05, 3.63) is 0 Å². The van der Waals surface area contributed by atoms with Gasteiger partial charge >= 0.3 is 0 Å². The van der Waals surface area contributed by atoms with E-state index < -0.39 is 6.10 Å². The molecule has 6 heteroatoms. The number of hydrogen-bond donors (Lipinski definition) is 3. The normalized spacial score (nSPS) is 15.5. The highest BCUT2D eigenvalue weighted by Crippen LogP contribution is 2.19. The van der Waals surface area contributed by atoms with Crippen LogP contribution < -0.4 is 11.1 Å². The molecule has 0 spiro atoms. The summed E-state index contributed by atoms with van der Waals surface area (Å²) in [5, 5.41) is 13.4. The van der Waals surface area contributed by atoms with Crippen molar-refractivity contribution in [2.24, 2.45) is 5.73 Å². The van der Waals surface area contributed by atoms with Crippen LogP contribution in [0.1, 0.15) is 67.7 Å². The molecule has 0 heterocycles. The number of aliphatic hydroxyl groups excluding tert-OH is 1. The zero-order valence-corrected chi connectivity index (χ0v) is 18.1. The first-order valence-electron chi connectivity index (χ1n) is 9.99. The number of ether oxygens (including phenoxy) is 3. The predicted molar refractivity (Wildman–Crippen MR) is 108 cm³/mol. The van der Waals surface area contributed by atoms with Gasteiger partial charge in [0.2, 0.25) is 0 Å². The topological polar surface area (TPSA) is 86.0 Å². The molecule has 4 N–H and O–H groups in total. The van der Waals surface area contributed by atoms with Crippen LogP contribution in [-0.2, 0) is 14.2 Å². The summed E-state index contributed by atoms with van der Waals surface area (Å²) in [4.78, 5) is 0. The lowest BCUT2D eigenvalue weighted by atomic mass is 10.0. The summed E-state index contributed by atoms with van der Waals surface area (Å²) in [5.74, 6) is 0. The fraction of sp³-hybridized carbons (Fsp3) is 1.00. The van der Waals surface area contributed by atoms with Gasteiger partial charge in [-0.3, -0.25) is 0 Å². The third-order valence-corrected chi connectivity index (χ3v) is 4.39. The number of nitrogens with two attached hydrogens (primary N) is 1. The van der Waals surface area contributed by atoms with E-state index in [9.17, 15) is 5.11 Å². The van der Waals surface area contributed by atoms with E-state index in [1.165, 1.54) is 0 Å². The van der Waals surface area contributed by atoms with E-state index in [0.717, 1.165) is 12.8 Å². The Morgan fingerprint density at radius 3 is 1.96 bits per heavy atom. The first-order chi connectivity index (χ1) is 12.0. The molecule has 0 aromatic rings. The molecule has 158 valence electrons. The van der Waals surface area contributed by atoms with Gasteiger partial charge in [-0.2, -0.15) is 0 Å². The Kier molecular flexibility index (Phi) is 12.9. The number of rotatable bonds is 16. The molecule has 0 saturated carbocycles. The lowest BCUT2D eigenvalue weighted by molar-refractivity contribution is -0.0795. The van der Waals surface area contributed by atoms with Gasteiger partial charge in [0.25, 0.3) is 0 Å². The van der Waals surface area contributed by atoms with Crippen LogP contribution in [0.15, 0.2) is 0 Å². The zero-order chi connectivity index (χ0) is 20.2. The van der Waals surface area contributed by atoms with Crippen molar-refractivity contribution in [2.75, 3.05) is 33.0 Å². The van der Waals surface area contributed by atoms with Gasteiger partial charge in [-0.05, 0) is 53.9 Å². The van der Waals surface area contributed by atoms with Gasteiger partial charge < -0.3 is 30.4 Å². The highest BCUT2D eigenvalue weighted by atomic mass is 16.5. The molecule has 2 atom stereocenters. The summed E-state index contributed by atoms with van der Waals surface area (Å²) in [6, 6.07) is 0.437. The maximum atomic E-state index is 10.1. The molecule has 0 aromatic heterocycles. The Labute approximate surface area is 161 Å². The van der Waals surface area contributed by atoms with Gasteiger partial charge in [0.05, 0.1) is 30.5 Å². The van der Waals surface area contributed by atoms with Gasteiger partial charge in [-0.25, -0.2) is 0 Å². The first kappa shape index (κ1) is 25.8. The molecule has 6 nitrogen and oxygen atoms in total. The van der Waals surface area contributed by atoms with Crippen LogP contribution in [0.3, 0.4) is 0 Å². The summed E-state index contributed by atoms with van der Waals surface area (Å²) in [6.45, 7) is 17.4. The summed E-state index contributed by atoms with van der Waals surface area (Å²) in [5.41, 5.74) is 5.02. The molecule has 0 radical (unpaired) electrons. The average molecular weight is 377 g/mol. The van der Waals surface area contributed by atoms with Crippen molar-refractivity contribution < 1.29 is 19.3 Å². The molecule has 0 amide bonds. The number of hydrogen-bond acceptors (Lipinski definition) is 6. The maximum Gasteiger partial charge on any atom is 0.0712 e.